The molecule has 2 aromatic heterocycles. The summed E-state index contributed by atoms with van der Waals surface area (Å²) in [4.78, 5) is 28.5. The number of rotatable bonds is 6. The van der Waals surface area contributed by atoms with E-state index in [0.29, 0.717) is 49.2 Å². The van der Waals surface area contributed by atoms with Gasteiger partial charge in [-0.05, 0) is 24.1 Å². The van der Waals surface area contributed by atoms with Gasteiger partial charge in [0.25, 0.3) is 5.56 Å². The molecule has 1 aliphatic heterocycles. The number of ether oxygens (including phenoxy) is 1. The molecule has 0 aliphatic carbocycles. The van der Waals surface area contributed by atoms with E-state index in [9.17, 15) is 9.59 Å². The molecule has 9 heteroatoms. The zero-order valence-corrected chi connectivity index (χ0v) is 19.2. The van der Waals surface area contributed by atoms with Gasteiger partial charge in [0.15, 0.2) is 5.16 Å². The second kappa shape index (κ2) is 9.36. The second-order valence-corrected chi connectivity index (χ2v) is 9.01. The van der Waals surface area contributed by atoms with Crippen molar-refractivity contribution in [2.45, 2.75) is 30.3 Å². The van der Waals surface area contributed by atoms with Gasteiger partial charge in [-0.1, -0.05) is 61.2 Å². The Hall–Kier alpha value is -3.17. The highest BCUT2D eigenvalue weighted by molar-refractivity contribution is 8.00. The van der Waals surface area contributed by atoms with Crippen molar-refractivity contribution in [1.82, 2.24) is 24.1 Å². The van der Waals surface area contributed by atoms with E-state index in [-0.39, 0.29) is 11.5 Å². The minimum atomic E-state index is -0.484. The smallest absolute Gasteiger partial charge is 0.262 e. The van der Waals surface area contributed by atoms with Crippen LogP contribution in [0.3, 0.4) is 0 Å². The molecule has 0 saturated carbocycles. The molecule has 1 fully saturated rings. The molecular formula is C24H25N5O3S. The molecule has 33 heavy (non-hydrogen) atoms. The van der Waals surface area contributed by atoms with Crippen LogP contribution in [0.1, 0.15) is 24.2 Å². The first kappa shape index (κ1) is 21.7. The number of nitrogens with zero attached hydrogens (tertiary/aromatic N) is 5. The van der Waals surface area contributed by atoms with Crippen LogP contribution in [0.2, 0.25) is 0 Å². The van der Waals surface area contributed by atoms with Crippen molar-refractivity contribution in [2.75, 3.05) is 26.3 Å². The number of hydrogen-bond acceptors (Lipinski definition) is 6. The number of carbonyl (C=O) groups is 1. The molecule has 4 aromatic rings. The van der Waals surface area contributed by atoms with E-state index in [0.717, 1.165) is 17.5 Å². The Labute approximate surface area is 195 Å². The minimum Gasteiger partial charge on any atom is -0.378 e. The molecule has 0 N–H and O–H groups in total. The van der Waals surface area contributed by atoms with Crippen LogP contribution in [0.5, 0.6) is 0 Å². The van der Waals surface area contributed by atoms with E-state index in [1.54, 1.807) is 4.57 Å². The summed E-state index contributed by atoms with van der Waals surface area (Å²) in [6.07, 6.45) is 0.797. The van der Waals surface area contributed by atoms with Gasteiger partial charge < -0.3 is 9.64 Å². The molecule has 170 valence electrons. The third-order valence-electron chi connectivity index (χ3n) is 5.80. The van der Waals surface area contributed by atoms with Gasteiger partial charge in [-0.25, -0.2) is 0 Å². The Morgan fingerprint density at radius 3 is 2.55 bits per heavy atom. The molecule has 1 aliphatic rings. The predicted octanol–water partition coefficient (Wildman–Crippen LogP) is 3.15. The fourth-order valence-electron chi connectivity index (χ4n) is 4.18. The lowest BCUT2D eigenvalue weighted by atomic mass is 10.1. The highest BCUT2D eigenvalue weighted by Crippen LogP contribution is 2.37. The van der Waals surface area contributed by atoms with Crippen molar-refractivity contribution in [3.05, 3.63) is 70.5 Å². The fraction of sp³-hybridized carbons (Fsp3) is 0.333. The summed E-state index contributed by atoms with van der Waals surface area (Å²) in [7, 11) is 0. The fourth-order valence-corrected chi connectivity index (χ4v) is 5.31. The van der Waals surface area contributed by atoms with Crippen LogP contribution in [0, 0.1) is 0 Å². The summed E-state index contributed by atoms with van der Waals surface area (Å²) in [6.45, 7) is 4.80. The maximum atomic E-state index is 13.6. The first-order valence-corrected chi connectivity index (χ1v) is 12.0. The number of carbonyl (C=O) groups excluding carboxylic acids is 1. The summed E-state index contributed by atoms with van der Waals surface area (Å²) in [5.41, 5.74) is 1.57. The lowest BCUT2D eigenvalue weighted by molar-refractivity contribution is -0.134. The molecule has 0 bridgehead atoms. The zero-order valence-electron chi connectivity index (χ0n) is 18.4. The molecule has 1 saturated heterocycles. The molecule has 0 unspecified atom stereocenters. The summed E-state index contributed by atoms with van der Waals surface area (Å²) in [5.74, 6) is 0.520. The van der Waals surface area contributed by atoms with Crippen LogP contribution in [0.25, 0.3) is 16.7 Å². The number of amides is 1. The Bertz CT molecular complexity index is 1340. The van der Waals surface area contributed by atoms with Gasteiger partial charge in [0.1, 0.15) is 5.25 Å². The Kier molecular flexibility index (Phi) is 6.15. The van der Waals surface area contributed by atoms with E-state index >= 15 is 0 Å². The largest absolute Gasteiger partial charge is 0.378 e. The quantitative estimate of drug-likeness (QED) is 0.409. The number of aryl methyl sites for hydroxylation is 1. The third kappa shape index (κ3) is 4.02. The number of hydrogen-bond donors (Lipinski definition) is 0. The first-order chi connectivity index (χ1) is 16.2. The molecule has 0 spiro atoms. The number of para-hydroxylation sites is 1. The zero-order chi connectivity index (χ0) is 22.8. The van der Waals surface area contributed by atoms with Crippen LogP contribution in [-0.4, -0.2) is 56.3 Å². The normalized spacial score (nSPS) is 15.2. The van der Waals surface area contributed by atoms with Crippen LogP contribution in [-0.2, 0) is 16.1 Å². The molecule has 5 rings (SSSR count). The number of thioether (sulfide) groups is 1. The van der Waals surface area contributed by atoms with Crippen molar-refractivity contribution in [2.24, 2.45) is 0 Å². The summed E-state index contributed by atoms with van der Waals surface area (Å²) >= 11 is 1.37. The van der Waals surface area contributed by atoms with Gasteiger partial charge in [0.2, 0.25) is 11.7 Å². The van der Waals surface area contributed by atoms with E-state index < -0.39 is 5.25 Å². The first-order valence-electron chi connectivity index (χ1n) is 11.1. The van der Waals surface area contributed by atoms with Crippen LogP contribution >= 0.6 is 11.8 Å². The van der Waals surface area contributed by atoms with Gasteiger partial charge in [-0.15, -0.1) is 10.2 Å². The van der Waals surface area contributed by atoms with Crippen LogP contribution < -0.4 is 5.56 Å². The number of morpholine rings is 1. The predicted molar refractivity (Wildman–Crippen MR) is 127 cm³/mol. The molecule has 2 aromatic carbocycles. The van der Waals surface area contributed by atoms with Crippen LogP contribution in [0.15, 0.2) is 64.5 Å². The number of fused-ring (bicyclic) bond motifs is 3. The van der Waals surface area contributed by atoms with Gasteiger partial charge in [0, 0.05) is 19.6 Å². The van der Waals surface area contributed by atoms with Crippen molar-refractivity contribution in [1.29, 1.82) is 0 Å². The minimum absolute atomic E-state index is 0.0254. The van der Waals surface area contributed by atoms with E-state index in [2.05, 4.69) is 10.2 Å². The van der Waals surface area contributed by atoms with Crippen molar-refractivity contribution in [3.63, 3.8) is 0 Å². The lowest BCUT2D eigenvalue weighted by Crippen LogP contribution is -2.42. The van der Waals surface area contributed by atoms with E-state index in [1.807, 2.05) is 70.8 Å². The Balaban J connectivity index is 1.64. The van der Waals surface area contributed by atoms with E-state index in [4.69, 9.17) is 4.74 Å². The lowest BCUT2D eigenvalue weighted by Gasteiger charge is -2.30. The highest BCUT2D eigenvalue weighted by Gasteiger charge is 2.30. The maximum Gasteiger partial charge on any atom is 0.262 e. The molecular weight excluding hydrogens is 438 g/mol. The summed E-state index contributed by atoms with van der Waals surface area (Å²) in [6, 6.07) is 17.2. The van der Waals surface area contributed by atoms with Gasteiger partial charge in [-0.2, -0.15) is 0 Å². The Morgan fingerprint density at radius 2 is 1.79 bits per heavy atom. The molecule has 1 amide bonds. The number of benzene rings is 2. The maximum absolute atomic E-state index is 13.6. The number of aromatic nitrogens is 4. The average molecular weight is 464 g/mol. The highest BCUT2D eigenvalue weighted by atomic mass is 32.2. The SMILES string of the molecule is CCCn1c(=O)c2ccccc2n2c(S[C@@H](C(=O)N3CCOCC3)c3ccccc3)nnc12. The molecule has 0 radical (unpaired) electrons. The molecule has 1 atom stereocenters. The topological polar surface area (TPSA) is 81.7 Å². The van der Waals surface area contributed by atoms with Crippen molar-refractivity contribution < 1.29 is 9.53 Å². The molecule has 8 nitrogen and oxygen atoms in total. The van der Waals surface area contributed by atoms with Crippen LogP contribution in [0.4, 0.5) is 0 Å². The van der Waals surface area contributed by atoms with Gasteiger partial charge in [0.05, 0.1) is 24.1 Å². The summed E-state index contributed by atoms with van der Waals surface area (Å²) in [5, 5.41) is 9.53. The van der Waals surface area contributed by atoms with Crippen molar-refractivity contribution in [3.8, 4) is 0 Å². The second-order valence-electron chi connectivity index (χ2n) is 7.94. The molecule has 3 heterocycles. The van der Waals surface area contributed by atoms with Crippen molar-refractivity contribution >= 4 is 34.3 Å². The standard InChI is InChI=1S/C24H25N5O3S/c1-2-12-28-21(30)18-10-6-7-11-19(18)29-23(28)25-26-24(29)33-20(17-8-4-3-5-9-17)22(31)27-13-15-32-16-14-27/h3-11,20H,2,12-16H2,1H3/t20-/m1/s1. The average Bonchev–Trinajstić information content (AvgIpc) is 3.29. The Morgan fingerprint density at radius 1 is 1.06 bits per heavy atom. The summed E-state index contributed by atoms with van der Waals surface area (Å²) < 4.78 is 9.00. The van der Waals surface area contributed by atoms with Gasteiger partial charge in [-0.3, -0.25) is 18.6 Å². The monoisotopic (exact) mass is 463 g/mol. The van der Waals surface area contributed by atoms with E-state index in [1.165, 1.54) is 11.8 Å². The third-order valence-corrected chi connectivity index (χ3v) is 6.98. The van der Waals surface area contributed by atoms with Gasteiger partial charge >= 0.3 is 0 Å².